The van der Waals surface area contributed by atoms with Gasteiger partial charge in [0.15, 0.2) is 0 Å². The molecule has 0 radical (unpaired) electrons. The second kappa shape index (κ2) is 3.90. The first-order valence-corrected chi connectivity index (χ1v) is 4.48. The van der Waals surface area contributed by atoms with Gasteiger partial charge < -0.3 is 10.1 Å². The van der Waals surface area contributed by atoms with Crippen LogP contribution in [0.2, 0.25) is 0 Å². The van der Waals surface area contributed by atoms with Crippen molar-refractivity contribution in [1.29, 1.82) is 0 Å². The number of carbonyl (C=O) groups is 1. The van der Waals surface area contributed by atoms with Gasteiger partial charge >= 0.3 is 5.97 Å². The molecule has 3 heteroatoms. The van der Waals surface area contributed by atoms with E-state index in [0.29, 0.717) is 5.92 Å². The summed E-state index contributed by atoms with van der Waals surface area (Å²) in [6.45, 7) is 5.16. The third-order valence-electron chi connectivity index (χ3n) is 2.69. The fraction of sp³-hybridized carbons (Fsp3) is 0.889. The van der Waals surface area contributed by atoms with E-state index in [-0.39, 0.29) is 17.9 Å². The van der Waals surface area contributed by atoms with E-state index in [1.807, 2.05) is 6.92 Å². The van der Waals surface area contributed by atoms with Crippen LogP contribution in [0, 0.1) is 11.8 Å². The van der Waals surface area contributed by atoms with Gasteiger partial charge in [-0.15, -0.1) is 0 Å². The summed E-state index contributed by atoms with van der Waals surface area (Å²) < 4.78 is 4.75. The SMILES string of the molecule is COC(=O)[C@@H]1[C@H](C)NCC[C@@H]1C. The topological polar surface area (TPSA) is 38.3 Å². The van der Waals surface area contributed by atoms with E-state index in [0.717, 1.165) is 13.0 Å². The highest BCUT2D eigenvalue weighted by molar-refractivity contribution is 5.73. The second-order valence-electron chi connectivity index (χ2n) is 3.56. The van der Waals surface area contributed by atoms with Crippen LogP contribution in [0.3, 0.4) is 0 Å². The molecule has 1 saturated heterocycles. The van der Waals surface area contributed by atoms with Crippen LogP contribution in [0.1, 0.15) is 20.3 Å². The van der Waals surface area contributed by atoms with Crippen LogP contribution in [0.4, 0.5) is 0 Å². The van der Waals surface area contributed by atoms with E-state index < -0.39 is 0 Å². The maximum atomic E-state index is 11.3. The zero-order chi connectivity index (χ0) is 9.14. The van der Waals surface area contributed by atoms with Gasteiger partial charge in [-0.3, -0.25) is 4.79 Å². The van der Waals surface area contributed by atoms with Crippen LogP contribution < -0.4 is 5.32 Å². The summed E-state index contributed by atoms with van der Waals surface area (Å²) in [7, 11) is 1.45. The summed E-state index contributed by atoms with van der Waals surface area (Å²) >= 11 is 0. The zero-order valence-electron chi connectivity index (χ0n) is 7.96. The molecule has 0 spiro atoms. The lowest BCUT2D eigenvalue weighted by molar-refractivity contribution is -0.149. The molecule has 3 atom stereocenters. The van der Waals surface area contributed by atoms with Crippen molar-refractivity contribution in [2.24, 2.45) is 11.8 Å². The minimum atomic E-state index is -0.0813. The largest absolute Gasteiger partial charge is 0.469 e. The lowest BCUT2D eigenvalue weighted by atomic mass is 9.83. The Balaban J connectivity index is 2.62. The van der Waals surface area contributed by atoms with Crippen molar-refractivity contribution in [2.45, 2.75) is 26.3 Å². The Hall–Kier alpha value is -0.570. The number of carbonyl (C=O) groups excluding carboxylic acids is 1. The predicted octanol–water partition coefficient (Wildman–Crippen LogP) is 0.793. The van der Waals surface area contributed by atoms with Gasteiger partial charge in [-0.25, -0.2) is 0 Å². The van der Waals surface area contributed by atoms with E-state index in [2.05, 4.69) is 12.2 Å². The molecule has 3 nitrogen and oxygen atoms in total. The highest BCUT2D eigenvalue weighted by Gasteiger charge is 2.33. The number of nitrogens with one attached hydrogen (secondary N) is 1. The Morgan fingerprint density at radius 2 is 2.17 bits per heavy atom. The first kappa shape index (κ1) is 9.52. The van der Waals surface area contributed by atoms with Gasteiger partial charge in [0.05, 0.1) is 13.0 Å². The molecular formula is C9H17NO2. The molecule has 1 rings (SSSR count). The quantitative estimate of drug-likeness (QED) is 0.593. The van der Waals surface area contributed by atoms with Crippen molar-refractivity contribution in [3.63, 3.8) is 0 Å². The van der Waals surface area contributed by atoms with Crippen molar-refractivity contribution in [1.82, 2.24) is 5.32 Å². The van der Waals surface area contributed by atoms with Gasteiger partial charge in [0.2, 0.25) is 0 Å². The molecule has 1 heterocycles. The molecule has 0 amide bonds. The minimum absolute atomic E-state index is 0.0312. The number of ether oxygens (including phenoxy) is 1. The minimum Gasteiger partial charge on any atom is -0.469 e. The fourth-order valence-electron chi connectivity index (χ4n) is 1.91. The van der Waals surface area contributed by atoms with Crippen molar-refractivity contribution in [2.75, 3.05) is 13.7 Å². The maximum absolute atomic E-state index is 11.3. The summed E-state index contributed by atoms with van der Waals surface area (Å²) in [6.07, 6.45) is 1.06. The molecule has 0 unspecified atom stereocenters. The molecule has 1 aliphatic heterocycles. The number of methoxy groups -OCH3 is 1. The molecule has 0 aromatic rings. The molecule has 70 valence electrons. The summed E-state index contributed by atoms with van der Waals surface area (Å²) in [6, 6.07) is 0.251. The highest BCUT2D eigenvalue weighted by Crippen LogP contribution is 2.23. The van der Waals surface area contributed by atoms with Crippen LogP contribution in [-0.2, 0) is 9.53 Å². The average molecular weight is 171 g/mol. The number of rotatable bonds is 1. The maximum Gasteiger partial charge on any atom is 0.310 e. The summed E-state index contributed by atoms with van der Waals surface area (Å²) in [5, 5.41) is 3.28. The average Bonchev–Trinajstić information content (AvgIpc) is 2.03. The first-order valence-electron chi connectivity index (χ1n) is 4.48. The number of piperidine rings is 1. The predicted molar refractivity (Wildman–Crippen MR) is 46.8 cm³/mol. The lowest BCUT2D eigenvalue weighted by Crippen LogP contribution is -2.47. The molecule has 0 aliphatic carbocycles. The van der Waals surface area contributed by atoms with Crippen molar-refractivity contribution >= 4 is 5.97 Å². The molecule has 1 fully saturated rings. The molecule has 1 N–H and O–H groups in total. The van der Waals surface area contributed by atoms with Gasteiger partial charge in [-0.05, 0) is 25.8 Å². The Bertz CT molecular complexity index is 160. The summed E-state index contributed by atoms with van der Waals surface area (Å²) in [5.74, 6) is 0.389. The van der Waals surface area contributed by atoms with Crippen LogP contribution in [0.25, 0.3) is 0 Å². The first-order chi connectivity index (χ1) is 5.66. The second-order valence-corrected chi connectivity index (χ2v) is 3.56. The molecule has 0 saturated carbocycles. The Morgan fingerprint density at radius 1 is 1.50 bits per heavy atom. The van der Waals surface area contributed by atoms with Gasteiger partial charge in [-0.2, -0.15) is 0 Å². The number of hydrogen-bond donors (Lipinski definition) is 1. The van der Waals surface area contributed by atoms with Crippen molar-refractivity contribution in [3.05, 3.63) is 0 Å². The summed E-state index contributed by atoms with van der Waals surface area (Å²) in [5.41, 5.74) is 0. The standard InChI is InChI=1S/C9H17NO2/c1-6-4-5-10-7(2)8(6)9(11)12-3/h6-8,10H,4-5H2,1-3H3/t6-,7-,8-/m0/s1. The van der Waals surface area contributed by atoms with Gasteiger partial charge in [0, 0.05) is 6.04 Å². The van der Waals surface area contributed by atoms with Crippen LogP contribution in [-0.4, -0.2) is 25.7 Å². The third-order valence-corrected chi connectivity index (χ3v) is 2.69. The number of hydrogen-bond acceptors (Lipinski definition) is 3. The molecule has 12 heavy (non-hydrogen) atoms. The van der Waals surface area contributed by atoms with Gasteiger partial charge in [0.25, 0.3) is 0 Å². The van der Waals surface area contributed by atoms with Crippen LogP contribution >= 0.6 is 0 Å². The molecule has 0 aromatic heterocycles. The van der Waals surface area contributed by atoms with Gasteiger partial charge in [0.1, 0.15) is 0 Å². The van der Waals surface area contributed by atoms with E-state index in [1.54, 1.807) is 0 Å². The van der Waals surface area contributed by atoms with E-state index in [4.69, 9.17) is 4.74 Å². The monoisotopic (exact) mass is 171 g/mol. The van der Waals surface area contributed by atoms with Crippen LogP contribution in [0.5, 0.6) is 0 Å². The highest BCUT2D eigenvalue weighted by atomic mass is 16.5. The smallest absolute Gasteiger partial charge is 0.310 e. The van der Waals surface area contributed by atoms with Crippen LogP contribution in [0.15, 0.2) is 0 Å². The Morgan fingerprint density at radius 3 is 2.67 bits per heavy atom. The van der Waals surface area contributed by atoms with E-state index in [9.17, 15) is 4.79 Å². The van der Waals surface area contributed by atoms with E-state index in [1.165, 1.54) is 7.11 Å². The van der Waals surface area contributed by atoms with Crippen molar-refractivity contribution < 1.29 is 9.53 Å². The molecule has 1 aliphatic rings. The number of esters is 1. The lowest BCUT2D eigenvalue weighted by Gasteiger charge is -2.33. The molecular weight excluding hydrogens is 154 g/mol. The zero-order valence-corrected chi connectivity index (χ0v) is 7.96. The molecule has 0 aromatic carbocycles. The van der Waals surface area contributed by atoms with E-state index >= 15 is 0 Å². The Kier molecular flexibility index (Phi) is 3.09. The normalized spacial score (nSPS) is 36.1. The fourth-order valence-corrected chi connectivity index (χ4v) is 1.91. The Labute approximate surface area is 73.5 Å². The third kappa shape index (κ3) is 1.78. The van der Waals surface area contributed by atoms with Crippen molar-refractivity contribution in [3.8, 4) is 0 Å². The summed E-state index contributed by atoms with van der Waals surface area (Å²) in [4.78, 5) is 11.3. The van der Waals surface area contributed by atoms with Gasteiger partial charge in [-0.1, -0.05) is 6.92 Å². The molecule has 0 bridgehead atoms.